The van der Waals surface area contributed by atoms with Gasteiger partial charge in [0.1, 0.15) is 5.65 Å². The lowest BCUT2D eigenvalue weighted by Gasteiger charge is -2.18. The lowest BCUT2D eigenvalue weighted by atomic mass is 9.90. The molecule has 0 saturated carbocycles. The van der Waals surface area contributed by atoms with Crippen molar-refractivity contribution in [1.82, 2.24) is 9.38 Å². The van der Waals surface area contributed by atoms with E-state index in [1.165, 1.54) is 16.7 Å². The molecule has 120 valence electrons. The summed E-state index contributed by atoms with van der Waals surface area (Å²) in [5.41, 5.74) is 7.18. The van der Waals surface area contributed by atoms with Gasteiger partial charge in [-0.15, -0.1) is 0 Å². The molecule has 0 radical (unpaired) electrons. The molecule has 24 heavy (non-hydrogen) atoms. The van der Waals surface area contributed by atoms with Crippen molar-refractivity contribution >= 4 is 17.3 Å². The summed E-state index contributed by atoms with van der Waals surface area (Å²) in [6.45, 7) is 4.09. The molecule has 0 amide bonds. The Labute approximate surface area is 141 Å². The van der Waals surface area contributed by atoms with Crippen LogP contribution < -0.4 is 5.56 Å². The lowest BCUT2D eigenvalue weighted by Crippen LogP contribution is -2.24. The minimum Gasteiger partial charge on any atom is -0.269 e. The van der Waals surface area contributed by atoms with E-state index in [9.17, 15) is 4.79 Å². The van der Waals surface area contributed by atoms with Gasteiger partial charge in [0.15, 0.2) is 0 Å². The zero-order chi connectivity index (χ0) is 16.7. The fraction of sp³-hybridized carbons (Fsp3) is 0.238. The van der Waals surface area contributed by atoms with Crippen LogP contribution in [-0.2, 0) is 6.42 Å². The Bertz CT molecular complexity index is 1030. The molecule has 0 atom stereocenters. The highest BCUT2D eigenvalue weighted by atomic mass is 16.1. The smallest absolute Gasteiger partial charge is 0.261 e. The molecule has 0 spiro atoms. The van der Waals surface area contributed by atoms with E-state index in [2.05, 4.69) is 37.3 Å². The Morgan fingerprint density at radius 3 is 2.79 bits per heavy atom. The first-order valence-electron chi connectivity index (χ1n) is 8.41. The number of rotatable bonds is 1. The van der Waals surface area contributed by atoms with Gasteiger partial charge in [0, 0.05) is 11.8 Å². The quantitative estimate of drug-likeness (QED) is 0.674. The molecule has 1 aliphatic rings. The molecule has 4 rings (SSSR count). The lowest BCUT2D eigenvalue weighted by molar-refractivity contribution is 0.786. The normalized spacial score (nSPS) is 15.7. The molecule has 3 aromatic rings. The van der Waals surface area contributed by atoms with Gasteiger partial charge in [0.05, 0.1) is 5.69 Å². The largest absolute Gasteiger partial charge is 0.269 e. The van der Waals surface area contributed by atoms with Crippen LogP contribution in [0.4, 0.5) is 0 Å². The van der Waals surface area contributed by atoms with E-state index < -0.39 is 0 Å². The summed E-state index contributed by atoms with van der Waals surface area (Å²) in [7, 11) is 0. The monoisotopic (exact) mass is 316 g/mol. The summed E-state index contributed by atoms with van der Waals surface area (Å²) in [6, 6.07) is 12.4. The van der Waals surface area contributed by atoms with E-state index in [1.54, 1.807) is 4.40 Å². The van der Waals surface area contributed by atoms with Crippen molar-refractivity contribution in [3.05, 3.63) is 80.9 Å². The average molecular weight is 316 g/mol. The number of hydrogen-bond acceptors (Lipinski definition) is 2. The zero-order valence-electron chi connectivity index (χ0n) is 14.0. The molecule has 0 unspecified atom stereocenters. The van der Waals surface area contributed by atoms with Crippen molar-refractivity contribution in [3.63, 3.8) is 0 Å². The first-order chi connectivity index (χ1) is 11.6. The molecule has 0 N–H and O–H groups in total. The maximum Gasteiger partial charge on any atom is 0.261 e. The Kier molecular flexibility index (Phi) is 3.57. The van der Waals surface area contributed by atoms with Gasteiger partial charge in [0.2, 0.25) is 0 Å². The number of pyridine rings is 1. The Morgan fingerprint density at radius 2 is 1.96 bits per heavy atom. The van der Waals surface area contributed by atoms with Crippen LogP contribution in [0.2, 0.25) is 0 Å². The number of fused-ring (bicyclic) bond motifs is 2. The fourth-order valence-electron chi connectivity index (χ4n) is 3.45. The molecular weight excluding hydrogens is 296 g/mol. The van der Waals surface area contributed by atoms with Crippen molar-refractivity contribution in [3.8, 4) is 0 Å². The number of hydrogen-bond donors (Lipinski definition) is 0. The predicted molar refractivity (Wildman–Crippen MR) is 98.2 cm³/mol. The highest BCUT2D eigenvalue weighted by Gasteiger charge is 2.20. The van der Waals surface area contributed by atoms with Crippen LogP contribution in [0.5, 0.6) is 0 Å². The number of nitrogens with zero attached hydrogens (tertiary/aromatic N) is 2. The minimum absolute atomic E-state index is 0.0774. The SMILES string of the molecule is Cc1cccc(/C=C2/CCCc3c2nc2ccc(C)cn2c3=O)c1. The molecule has 0 aliphatic heterocycles. The van der Waals surface area contributed by atoms with Gasteiger partial charge in [-0.2, -0.15) is 0 Å². The van der Waals surface area contributed by atoms with Crippen LogP contribution in [0.15, 0.2) is 47.4 Å². The Balaban J connectivity index is 1.93. The van der Waals surface area contributed by atoms with Crippen molar-refractivity contribution in [2.45, 2.75) is 33.1 Å². The van der Waals surface area contributed by atoms with Crippen molar-refractivity contribution < 1.29 is 0 Å². The van der Waals surface area contributed by atoms with E-state index in [-0.39, 0.29) is 5.56 Å². The van der Waals surface area contributed by atoms with Gasteiger partial charge in [-0.3, -0.25) is 9.20 Å². The highest BCUT2D eigenvalue weighted by Crippen LogP contribution is 2.29. The predicted octanol–water partition coefficient (Wildman–Crippen LogP) is 4.19. The van der Waals surface area contributed by atoms with Gasteiger partial charge < -0.3 is 0 Å². The average Bonchev–Trinajstić information content (AvgIpc) is 2.57. The van der Waals surface area contributed by atoms with Gasteiger partial charge in [-0.25, -0.2) is 4.98 Å². The van der Waals surface area contributed by atoms with E-state index >= 15 is 0 Å². The molecule has 0 bridgehead atoms. The minimum atomic E-state index is 0.0774. The standard InChI is InChI=1S/C21H20N2O/c1-14-5-3-6-16(11-14)12-17-7-4-8-18-20(17)22-19-10-9-15(2)13-23(19)21(18)24/h3,5-6,9-13H,4,7-8H2,1-2H3/b17-12-. The first-order valence-corrected chi connectivity index (χ1v) is 8.41. The second kappa shape index (κ2) is 5.75. The van der Waals surface area contributed by atoms with Crippen LogP contribution in [0, 0.1) is 13.8 Å². The van der Waals surface area contributed by atoms with Crippen molar-refractivity contribution in [2.24, 2.45) is 0 Å². The third-order valence-corrected chi connectivity index (χ3v) is 4.62. The first kappa shape index (κ1) is 14.9. The molecule has 2 aromatic heterocycles. The van der Waals surface area contributed by atoms with Crippen molar-refractivity contribution in [2.75, 3.05) is 0 Å². The Morgan fingerprint density at radius 1 is 1.08 bits per heavy atom. The van der Waals surface area contributed by atoms with Crippen LogP contribution in [0.1, 0.15) is 40.8 Å². The maximum absolute atomic E-state index is 12.9. The number of aryl methyl sites for hydroxylation is 2. The molecular formula is C21H20N2O. The van der Waals surface area contributed by atoms with Crippen molar-refractivity contribution in [1.29, 1.82) is 0 Å². The molecule has 3 nitrogen and oxygen atoms in total. The Hall–Kier alpha value is -2.68. The molecule has 0 saturated heterocycles. The van der Waals surface area contributed by atoms with Crippen LogP contribution in [0.3, 0.4) is 0 Å². The summed E-state index contributed by atoms with van der Waals surface area (Å²) in [5.74, 6) is 0. The van der Waals surface area contributed by atoms with Crippen LogP contribution in [-0.4, -0.2) is 9.38 Å². The third kappa shape index (κ3) is 2.56. The molecule has 1 aromatic carbocycles. The second-order valence-corrected chi connectivity index (χ2v) is 6.62. The van der Waals surface area contributed by atoms with Crippen LogP contribution in [0.25, 0.3) is 17.3 Å². The third-order valence-electron chi connectivity index (χ3n) is 4.62. The summed E-state index contributed by atoms with van der Waals surface area (Å²) >= 11 is 0. The molecule has 2 heterocycles. The summed E-state index contributed by atoms with van der Waals surface area (Å²) in [5, 5.41) is 0. The number of benzene rings is 1. The zero-order valence-corrected chi connectivity index (χ0v) is 14.0. The van der Waals surface area contributed by atoms with E-state index in [4.69, 9.17) is 4.98 Å². The van der Waals surface area contributed by atoms with E-state index in [0.29, 0.717) is 0 Å². The highest BCUT2D eigenvalue weighted by molar-refractivity contribution is 5.82. The molecule has 0 fully saturated rings. The topological polar surface area (TPSA) is 34.4 Å². The molecule has 3 heteroatoms. The number of allylic oxidation sites excluding steroid dienone is 1. The van der Waals surface area contributed by atoms with Crippen LogP contribution >= 0.6 is 0 Å². The number of aromatic nitrogens is 2. The van der Waals surface area contributed by atoms with Gasteiger partial charge >= 0.3 is 0 Å². The fourth-order valence-corrected chi connectivity index (χ4v) is 3.45. The van der Waals surface area contributed by atoms with Gasteiger partial charge in [-0.1, -0.05) is 35.9 Å². The maximum atomic E-state index is 12.9. The molecule has 1 aliphatic carbocycles. The van der Waals surface area contributed by atoms with Gasteiger partial charge in [-0.05, 0) is 62.0 Å². The second-order valence-electron chi connectivity index (χ2n) is 6.62. The van der Waals surface area contributed by atoms with E-state index in [0.717, 1.165) is 41.7 Å². The summed E-state index contributed by atoms with van der Waals surface area (Å²) < 4.78 is 1.68. The van der Waals surface area contributed by atoms with E-state index in [1.807, 2.05) is 25.3 Å². The van der Waals surface area contributed by atoms with Gasteiger partial charge in [0.25, 0.3) is 5.56 Å². The summed E-state index contributed by atoms with van der Waals surface area (Å²) in [6.07, 6.45) is 6.84. The summed E-state index contributed by atoms with van der Waals surface area (Å²) in [4.78, 5) is 17.7.